The maximum Gasteiger partial charge on any atom is 0.338 e. The lowest BCUT2D eigenvalue weighted by atomic mass is 9.99. The minimum Gasteiger partial charge on any atom is -0.504 e. The van der Waals surface area contributed by atoms with Crippen LogP contribution in [0.4, 0.5) is 0 Å². The third kappa shape index (κ3) is 3.46. The van der Waals surface area contributed by atoms with Crippen molar-refractivity contribution in [3.05, 3.63) is 17.7 Å². The topological polar surface area (TPSA) is 177 Å². The molecule has 23 heavy (non-hydrogen) atoms. The second-order valence-corrected chi connectivity index (χ2v) is 5.00. The van der Waals surface area contributed by atoms with Crippen molar-refractivity contribution in [2.24, 2.45) is 0 Å². The Morgan fingerprint density at radius 1 is 1.00 bits per heavy atom. The Morgan fingerprint density at radius 3 is 2.13 bits per heavy atom. The maximum absolute atomic E-state index is 11.8. The number of carbonyl (C=O) groups is 1. The Bertz CT molecular complexity index is 565. The highest BCUT2D eigenvalue weighted by molar-refractivity contribution is 5.91. The minimum absolute atomic E-state index is 0.288. The molecule has 0 spiro atoms. The lowest BCUT2D eigenvalue weighted by Gasteiger charge is -2.37. The molecule has 0 aliphatic carbocycles. The van der Waals surface area contributed by atoms with Gasteiger partial charge in [0.1, 0.15) is 31.0 Å². The molecule has 10 heteroatoms. The number of aliphatic hydroxyl groups excluding tert-OH is 4. The van der Waals surface area contributed by atoms with Gasteiger partial charge in [-0.15, -0.1) is 0 Å². The van der Waals surface area contributed by atoms with Gasteiger partial charge in [0.05, 0.1) is 5.56 Å². The fraction of sp³-hybridized carbons (Fsp3) is 0.462. The monoisotopic (exact) mass is 332 g/mol. The van der Waals surface area contributed by atoms with Crippen molar-refractivity contribution < 1.29 is 50.0 Å². The fourth-order valence-electron chi connectivity index (χ4n) is 2.03. The molecule has 1 aromatic rings. The Labute approximate surface area is 129 Å². The van der Waals surface area contributed by atoms with Crippen molar-refractivity contribution in [2.75, 3.05) is 6.61 Å². The summed E-state index contributed by atoms with van der Waals surface area (Å²) in [5.74, 6) is -3.30. The number of phenolic OH excluding ortho intramolecular Hbond substituents is 3. The summed E-state index contributed by atoms with van der Waals surface area (Å²) >= 11 is 0. The number of benzene rings is 1. The van der Waals surface area contributed by atoms with Crippen molar-refractivity contribution in [1.82, 2.24) is 0 Å². The van der Waals surface area contributed by atoms with Crippen molar-refractivity contribution in [2.45, 2.75) is 30.7 Å². The van der Waals surface area contributed by atoms with Crippen molar-refractivity contribution in [3.63, 3.8) is 0 Å². The molecule has 1 aromatic carbocycles. The number of hydrogen-bond donors (Lipinski definition) is 7. The molecule has 0 unspecified atom stereocenters. The van der Waals surface area contributed by atoms with E-state index in [4.69, 9.17) is 9.47 Å². The number of rotatable bonds is 3. The lowest BCUT2D eigenvalue weighted by Crippen LogP contribution is -2.58. The zero-order valence-electron chi connectivity index (χ0n) is 11.6. The molecule has 1 aliphatic heterocycles. The summed E-state index contributed by atoms with van der Waals surface area (Å²) in [5.41, 5.74) is -0.288. The number of esters is 1. The summed E-state index contributed by atoms with van der Waals surface area (Å²) in [6.45, 7) is -0.580. The van der Waals surface area contributed by atoms with Crippen LogP contribution < -0.4 is 0 Å². The molecule has 0 aromatic heterocycles. The standard InChI is InChI=1S/C13H16O10/c14-5-1-4(2-6(15)8(5)16)12(20)22-3-7-9(17)10(18)11(19)13(21)23-7/h1-2,7,9-11,13-19,21H,3H2/t7-,9-,10+,11+,13-/m1/s1. The lowest BCUT2D eigenvalue weighted by molar-refractivity contribution is -0.286. The minimum atomic E-state index is -1.76. The van der Waals surface area contributed by atoms with E-state index in [1.54, 1.807) is 0 Å². The van der Waals surface area contributed by atoms with E-state index in [0.29, 0.717) is 0 Å². The molecule has 1 saturated heterocycles. The molecule has 7 N–H and O–H groups in total. The van der Waals surface area contributed by atoms with Gasteiger partial charge in [-0.2, -0.15) is 0 Å². The molecule has 2 rings (SSSR count). The zero-order valence-corrected chi connectivity index (χ0v) is 11.6. The van der Waals surface area contributed by atoms with E-state index in [9.17, 15) is 40.5 Å². The molecule has 128 valence electrons. The zero-order chi connectivity index (χ0) is 17.3. The second kappa shape index (κ2) is 6.56. The van der Waals surface area contributed by atoms with Crippen LogP contribution >= 0.6 is 0 Å². The first-order valence-electron chi connectivity index (χ1n) is 6.52. The first kappa shape index (κ1) is 17.2. The molecule has 0 saturated carbocycles. The SMILES string of the molecule is O=C(OC[C@H]1O[C@@H](O)[C@@H](O)[C@@H](O)[C@@H]1O)c1cc(O)c(O)c(O)c1. The molecule has 0 radical (unpaired) electrons. The molecule has 0 bridgehead atoms. The Kier molecular flexibility index (Phi) is 4.92. The van der Waals surface area contributed by atoms with E-state index in [-0.39, 0.29) is 5.56 Å². The molecule has 1 fully saturated rings. The third-order valence-electron chi connectivity index (χ3n) is 3.37. The van der Waals surface area contributed by atoms with Crippen molar-refractivity contribution in [3.8, 4) is 17.2 Å². The van der Waals surface area contributed by atoms with Crippen LogP contribution in [0.3, 0.4) is 0 Å². The van der Waals surface area contributed by atoms with E-state index in [1.165, 1.54) is 0 Å². The van der Waals surface area contributed by atoms with Gasteiger partial charge in [-0.3, -0.25) is 0 Å². The van der Waals surface area contributed by atoms with E-state index >= 15 is 0 Å². The van der Waals surface area contributed by atoms with Crippen LogP contribution in [0, 0.1) is 0 Å². The van der Waals surface area contributed by atoms with Gasteiger partial charge < -0.3 is 45.2 Å². The number of aromatic hydroxyl groups is 3. The normalized spacial score (nSPS) is 30.9. The molecule has 5 atom stereocenters. The average Bonchev–Trinajstić information content (AvgIpc) is 2.51. The largest absolute Gasteiger partial charge is 0.504 e. The van der Waals surface area contributed by atoms with Crippen LogP contribution in [-0.2, 0) is 9.47 Å². The van der Waals surface area contributed by atoms with Crippen LogP contribution in [0.2, 0.25) is 0 Å². The number of phenols is 3. The van der Waals surface area contributed by atoms with E-state index in [0.717, 1.165) is 12.1 Å². The van der Waals surface area contributed by atoms with Crippen molar-refractivity contribution in [1.29, 1.82) is 0 Å². The smallest absolute Gasteiger partial charge is 0.338 e. The highest BCUT2D eigenvalue weighted by Gasteiger charge is 2.43. The molecular weight excluding hydrogens is 316 g/mol. The summed E-state index contributed by atoms with van der Waals surface area (Å²) in [4.78, 5) is 11.8. The Morgan fingerprint density at radius 2 is 1.57 bits per heavy atom. The van der Waals surface area contributed by atoms with Crippen LogP contribution in [0.5, 0.6) is 17.2 Å². The Balaban J connectivity index is 2.02. The van der Waals surface area contributed by atoms with Gasteiger partial charge in [-0.05, 0) is 12.1 Å². The molecule has 0 amide bonds. The van der Waals surface area contributed by atoms with Gasteiger partial charge in [0.2, 0.25) is 0 Å². The first-order chi connectivity index (χ1) is 10.7. The van der Waals surface area contributed by atoms with E-state index in [1.807, 2.05) is 0 Å². The molecule has 10 nitrogen and oxygen atoms in total. The summed E-state index contributed by atoms with van der Waals surface area (Å²) in [5, 5.41) is 65.6. The van der Waals surface area contributed by atoms with E-state index in [2.05, 4.69) is 0 Å². The highest BCUT2D eigenvalue weighted by Crippen LogP contribution is 2.35. The highest BCUT2D eigenvalue weighted by atomic mass is 16.6. The summed E-state index contributed by atoms with van der Waals surface area (Å²) < 4.78 is 9.60. The van der Waals surface area contributed by atoms with Gasteiger partial charge in [0.25, 0.3) is 0 Å². The number of aliphatic hydroxyl groups is 4. The molecular formula is C13H16O10. The first-order valence-corrected chi connectivity index (χ1v) is 6.52. The number of carbonyl (C=O) groups excluding carboxylic acids is 1. The fourth-order valence-corrected chi connectivity index (χ4v) is 2.03. The summed E-state index contributed by atoms with van der Waals surface area (Å²) in [7, 11) is 0. The van der Waals surface area contributed by atoms with Gasteiger partial charge in [0.15, 0.2) is 23.5 Å². The summed E-state index contributed by atoms with van der Waals surface area (Å²) in [6.07, 6.45) is -8.07. The Hall–Kier alpha value is -2.11. The quantitative estimate of drug-likeness (QED) is 0.236. The van der Waals surface area contributed by atoms with Crippen LogP contribution in [-0.4, -0.2) is 79.0 Å². The van der Waals surface area contributed by atoms with E-state index < -0.39 is 60.5 Å². The molecule has 1 heterocycles. The third-order valence-corrected chi connectivity index (χ3v) is 3.37. The van der Waals surface area contributed by atoms with Gasteiger partial charge in [0, 0.05) is 0 Å². The molecule has 1 aliphatic rings. The predicted molar refractivity (Wildman–Crippen MR) is 70.6 cm³/mol. The average molecular weight is 332 g/mol. The van der Waals surface area contributed by atoms with Gasteiger partial charge >= 0.3 is 5.97 Å². The maximum atomic E-state index is 11.8. The van der Waals surface area contributed by atoms with Crippen molar-refractivity contribution >= 4 is 5.97 Å². The second-order valence-electron chi connectivity index (χ2n) is 5.00. The number of ether oxygens (including phenoxy) is 2. The van der Waals surface area contributed by atoms with Crippen LogP contribution in [0.1, 0.15) is 10.4 Å². The predicted octanol–water partition coefficient (Wildman–Crippen LogP) is -2.24. The van der Waals surface area contributed by atoms with Crippen LogP contribution in [0.25, 0.3) is 0 Å². The van der Waals surface area contributed by atoms with Gasteiger partial charge in [-0.25, -0.2) is 4.79 Å². The van der Waals surface area contributed by atoms with Gasteiger partial charge in [-0.1, -0.05) is 0 Å². The van der Waals surface area contributed by atoms with Crippen LogP contribution in [0.15, 0.2) is 12.1 Å². The number of hydrogen-bond acceptors (Lipinski definition) is 10. The summed E-state index contributed by atoms with van der Waals surface area (Å²) in [6, 6.07) is 1.70.